The average molecular weight is 328 g/mol. The molecule has 0 saturated heterocycles. The van der Waals surface area contributed by atoms with Crippen LogP contribution in [0.2, 0.25) is 0 Å². The lowest BCUT2D eigenvalue weighted by Gasteiger charge is -2.10. The number of nitrogens with zero attached hydrogens (tertiary/aromatic N) is 1. The van der Waals surface area contributed by atoms with E-state index in [-0.39, 0.29) is 24.0 Å². The molecule has 0 heterocycles. The first-order chi connectivity index (χ1) is 11.4. The Balaban J connectivity index is 1.97. The number of nitro groups is 1. The van der Waals surface area contributed by atoms with Crippen LogP contribution in [0, 0.1) is 17.0 Å². The minimum Gasteiger partial charge on any atom is -0.477 e. The van der Waals surface area contributed by atoms with Gasteiger partial charge in [-0.15, -0.1) is 0 Å². The predicted octanol–water partition coefficient (Wildman–Crippen LogP) is 4.04. The molecular formula is C18H20N2O4. The highest BCUT2D eigenvalue weighted by molar-refractivity contribution is 5.91. The van der Waals surface area contributed by atoms with Crippen molar-refractivity contribution in [3.05, 3.63) is 63.7 Å². The van der Waals surface area contributed by atoms with Crippen LogP contribution in [0.5, 0.6) is 5.75 Å². The molecule has 0 aliphatic rings. The maximum absolute atomic E-state index is 11.9. The standard InChI is InChI=1S/C18H20N2O4/c1-12(2)14-5-7-15(8-6-14)19-18(21)11-24-17-9-4-13(3)10-16(17)20(22)23/h4-10,12H,11H2,1-3H3,(H,19,21). The molecule has 24 heavy (non-hydrogen) atoms. The van der Waals surface area contributed by atoms with Gasteiger partial charge in [0, 0.05) is 11.8 Å². The van der Waals surface area contributed by atoms with Crippen LogP contribution < -0.4 is 10.1 Å². The number of rotatable bonds is 6. The molecule has 0 saturated carbocycles. The van der Waals surface area contributed by atoms with Gasteiger partial charge in [0.25, 0.3) is 5.91 Å². The third-order valence-electron chi connectivity index (χ3n) is 3.53. The zero-order valence-corrected chi connectivity index (χ0v) is 13.9. The van der Waals surface area contributed by atoms with Gasteiger partial charge in [0.05, 0.1) is 4.92 Å². The molecule has 0 aliphatic heterocycles. The van der Waals surface area contributed by atoms with Crippen LogP contribution in [-0.2, 0) is 4.79 Å². The molecule has 2 aromatic carbocycles. The molecule has 6 heteroatoms. The molecule has 2 rings (SSSR count). The lowest BCUT2D eigenvalue weighted by Crippen LogP contribution is -2.20. The van der Waals surface area contributed by atoms with Crippen molar-refractivity contribution >= 4 is 17.3 Å². The van der Waals surface area contributed by atoms with E-state index in [4.69, 9.17) is 4.74 Å². The van der Waals surface area contributed by atoms with Crippen molar-refractivity contribution in [3.8, 4) is 5.75 Å². The monoisotopic (exact) mass is 328 g/mol. The number of hydrogen-bond acceptors (Lipinski definition) is 4. The number of aryl methyl sites for hydroxylation is 1. The number of amides is 1. The van der Waals surface area contributed by atoms with Gasteiger partial charge >= 0.3 is 5.69 Å². The van der Waals surface area contributed by atoms with E-state index in [1.165, 1.54) is 17.7 Å². The topological polar surface area (TPSA) is 81.5 Å². The number of carbonyl (C=O) groups is 1. The summed E-state index contributed by atoms with van der Waals surface area (Å²) in [5.41, 5.74) is 2.44. The van der Waals surface area contributed by atoms with Gasteiger partial charge in [-0.2, -0.15) is 0 Å². The van der Waals surface area contributed by atoms with Gasteiger partial charge < -0.3 is 10.1 Å². The first-order valence-electron chi connectivity index (χ1n) is 7.64. The average Bonchev–Trinajstić information content (AvgIpc) is 2.54. The molecule has 0 atom stereocenters. The van der Waals surface area contributed by atoms with Crippen molar-refractivity contribution < 1.29 is 14.5 Å². The van der Waals surface area contributed by atoms with Crippen molar-refractivity contribution in [2.24, 2.45) is 0 Å². The fourth-order valence-corrected chi connectivity index (χ4v) is 2.18. The van der Waals surface area contributed by atoms with Gasteiger partial charge in [-0.05, 0) is 42.2 Å². The molecular weight excluding hydrogens is 308 g/mol. The fraction of sp³-hybridized carbons (Fsp3) is 0.278. The highest BCUT2D eigenvalue weighted by Crippen LogP contribution is 2.27. The SMILES string of the molecule is Cc1ccc(OCC(=O)Nc2ccc(C(C)C)cc2)c([N+](=O)[O-])c1. The molecule has 0 bridgehead atoms. The van der Waals surface area contributed by atoms with Crippen LogP contribution in [0.4, 0.5) is 11.4 Å². The van der Waals surface area contributed by atoms with Crippen LogP contribution >= 0.6 is 0 Å². The number of ether oxygens (including phenoxy) is 1. The third kappa shape index (κ3) is 4.55. The second-order valence-corrected chi connectivity index (χ2v) is 5.84. The number of nitro benzene ring substituents is 1. The second-order valence-electron chi connectivity index (χ2n) is 5.84. The van der Waals surface area contributed by atoms with E-state index in [9.17, 15) is 14.9 Å². The Morgan fingerprint density at radius 2 is 1.88 bits per heavy atom. The quantitative estimate of drug-likeness (QED) is 0.641. The maximum Gasteiger partial charge on any atom is 0.311 e. The number of nitrogens with one attached hydrogen (secondary N) is 1. The van der Waals surface area contributed by atoms with E-state index >= 15 is 0 Å². The van der Waals surface area contributed by atoms with E-state index in [2.05, 4.69) is 19.2 Å². The molecule has 0 spiro atoms. The zero-order chi connectivity index (χ0) is 17.7. The maximum atomic E-state index is 11.9. The molecule has 0 radical (unpaired) electrons. The van der Waals surface area contributed by atoms with E-state index in [1.54, 1.807) is 13.0 Å². The van der Waals surface area contributed by atoms with Crippen molar-refractivity contribution in [2.45, 2.75) is 26.7 Å². The molecule has 6 nitrogen and oxygen atoms in total. The largest absolute Gasteiger partial charge is 0.477 e. The van der Waals surface area contributed by atoms with Gasteiger partial charge in [0.1, 0.15) is 0 Å². The summed E-state index contributed by atoms with van der Waals surface area (Å²) in [5, 5.41) is 13.7. The minimum absolute atomic E-state index is 0.0795. The van der Waals surface area contributed by atoms with Crippen LogP contribution in [0.1, 0.15) is 30.9 Å². The Morgan fingerprint density at radius 3 is 2.46 bits per heavy atom. The number of benzene rings is 2. The summed E-state index contributed by atoms with van der Waals surface area (Å²) in [5.74, 6) is 0.123. The van der Waals surface area contributed by atoms with E-state index in [0.717, 1.165) is 5.56 Å². The molecule has 1 N–H and O–H groups in total. The highest BCUT2D eigenvalue weighted by Gasteiger charge is 2.16. The molecule has 2 aromatic rings. The number of anilines is 1. The summed E-state index contributed by atoms with van der Waals surface area (Å²) in [6.45, 7) is 5.64. The van der Waals surface area contributed by atoms with Crippen molar-refractivity contribution in [3.63, 3.8) is 0 Å². The Kier molecular flexibility index (Phi) is 5.52. The van der Waals surface area contributed by atoms with E-state index in [1.807, 2.05) is 24.3 Å². The molecule has 126 valence electrons. The summed E-state index contributed by atoms with van der Waals surface area (Å²) in [7, 11) is 0. The van der Waals surface area contributed by atoms with E-state index < -0.39 is 4.92 Å². The van der Waals surface area contributed by atoms with Crippen LogP contribution in [0.3, 0.4) is 0 Å². The van der Waals surface area contributed by atoms with Gasteiger partial charge in [-0.3, -0.25) is 14.9 Å². The van der Waals surface area contributed by atoms with Crippen molar-refractivity contribution in [1.29, 1.82) is 0 Å². The molecule has 0 unspecified atom stereocenters. The summed E-state index contributed by atoms with van der Waals surface area (Å²) < 4.78 is 5.30. The first kappa shape index (κ1) is 17.5. The van der Waals surface area contributed by atoms with Gasteiger partial charge in [0.2, 0.25) is 0 Å². The van der Waals surface area contributed by atoms with Crippen LogP contribution in [-0.4, -0.2) is 17.4 Å². The van der Waals surface area contributed by atoms with Crippen molar-refractivity contribution in [1.82, 2.24) is 0 Å². The van der Waals surface area contributed by atoms with Gasteiger partial charge in [-0.25, -0.2) is 0 Å². The fourth-order valence-electron chi connectivity index (χ4n) is 2.18. The summed E-state index contributed by atoms with van der Waals surface area (Å²) in [6, 6.07) is 12.2. The molecule has 0 aliphatic carbocycles. The Morgan fingerprint density at radius 1 is 1.21 bits per heavy atom. The zero-order valence-electron chi connectivity index (χ0n) is 13.9. The first-order valence-corrected chi connectivity index (χ1v) is 7.64. The molecule has 0 fully saturated rings. The number of hydrogen-bond donors (Lipinski definition) is 1. The lowest BCUT2D eigenvalue weighted by molar-refractivity contribution is -0.385. The number of carbonyl (C=O) groups excluding carboxylic acids is 1. The second kappa shape index (κ2) is 7.59. The smallest absolute Gasteiger partial charge is 0.311 e. The summed E-state index contributed by atoms with van der Waals surface area (Å²) in [6.07, 6.45) is 0. The van der Waals surface area contributed by atoms with Gasteiger partial charge in [0.15, 0.2) is 12.4 Å². The predicted molar refractivity (Wildman–Crippen MR) is 92.5 cm³/mol. The summed E-state index contributed by atoms with van der Waals surface area (Å²) >= 11 is 0. The normalized spacial score (nSPS) is 10.5. The van der Waals surface area contributed by atoms with Gasteiger partial charge in [-0.1, -0.05) is 32.0 Å². The summed E-state index contributed by atoms with van der Waals surface area (Å²) in [4.78, 5) is 22.4. The third-order valence-corrected chi connectivity index (χ3v) is 3.53. The Bertz CT molecular complexity index is 739. The van der Waals surface area contributed by atoms with E-state index in [0.29, 0.717) is 11.6 Å². The molecule has 0 aromatic heterocycles. The van der Waals surface area contributed by atoms with Crippen LogP contribution in [0.25, 0.3) is 0 Å². The molecule has 1 amide bonds. The van der Waals surface area contributed by atoms with Crippen molar-refractivity contribution in [2.75, 3.05) is 11.9 Å². The van der Waals surface area contributed by atoms with Crippen LogP contribution in [0.15, 0.2) is 42.5 Å². The lowest BCUT2D eigenvalue weighted by atomic mass is 10.0. The minimum atomic E-state index is -0.523. The highest BCUT2D eigenvalue weighted by atomic mass is 16.6. The Hall–Kier alpha value is -2.89. The Labute approximate surface area is 140 Å².